The summed E-state index contributed by atoms with van der Waals surface area (Å²) in [5.74, 6) is 0. The number of hydrogen-bond acceptors (Lipinski definition) is 4. The van der Waals surface area contributed by atoms with Gasteiger partial charge in [0.1, 0.15) is 14.2 Å². The molecule has 1 aliphatic rings. The van der Waals surface area contributed by atoms with Gasteiger partial charge in [0.25, 0.3) is 0 Å². The van der Waals surface area contributed by atoms with Crippen molar-refractivity contribution >= 4 is 8.80 Å². The van der Waals surface area contributed by atoms with E-state index in [1.165, 1.54) is 25.8 Å². The maximum atomic E-state index is 3.77. The molecular formula is C13H32N4Si. The molecule has 0 aliphatic carbocycles. The van der Waals surface area contributed by atoms with E-state index >= 15 is 0 Å². The highest BCUT2D eigenvalue weighted by molar-refractivity contribution is 6.62. The quantitative estimate of drug-likeness (QED) is 0.578. The fourth-order valence-corrected chi connectivity index (χ4v) is 8.24. The first-order valence-electron chi connectivity index (χ1n) is 7.10. The highest BCUT2D eigenvalue weighted by Gasteiger charge is 2.47. The van der Waals surface area contributed by atoms with E-state index in [4.69, 9.17) is 0 Å². The Morgan fingerprint density at radius 2 is 1.44 bits per heavy atom. The van der Waals surface area contributed by atoms with E-state index in [0.717, 1.165) is 5.67 Å². The Morgan fingerprint density at radius 3 is 1.78 bits per heavy atom. The molecule has 18 heavy (non-hydrogen) atoms. The highest BCUT2D eigenvalue weighted by Crippen LogP contribution is 2.26. The Balaban J connectivity index is 3.00. The van der Waals surface area contributed by atoms with Crippen LogP contribution < -0.4 is 5.32 Å². The monoisotopic (exact) mass is 272 g/mol. The summed E-state index contributed by atoms with van der Waals surface area (Å²) in [6.45, 7) is 3.72. The zero-order chi connectivity index (χ0) is 13.9. The van der Waals surface area contributed by atoms with Crippen molar-refractivity contribution in [3.05, 3.63) is 0 Å². The van der Waals surface area contributed by atoms with Crippen LogP contribution in [-0.2, 0) is 0 Å². The molecule has 1 N–H and O–H groups in total. The molecule has 0 spiro atoms. The van der Waals surface area contributed by atoms with Crippen LogP contribution in [0.3, 0.4) is 0 Å². The molecule has 4 nitrogen and oxygen atoms in total. The van der Waals surface area contributed by atoms with E-state index in [1.54, 1.807) is 0 Å². The minimum atomic E-state index is -1.04. The first kappa shape index (κ1) is 16.1. The van der Waals surface area contributed by atoms with Crippen molar-refractivity contribution in [1.82, 2.24) is 20.0 Å². The third-order valence-electron chi connectivity index (χ3n) is 4.54. The second-order valence-electron chi connectivity index (χ2n) is 6.22. The first-order chi connectivity index (χ1) is 8.35. The van der Waals surface area contributed by atoms with E-state index < -0.39 is 8.80 Å². The lowest BCUT2D eigenvalue weighted by Crippen LogP contribution is -2.75. The Bertz CT molecular complexity index is 228. The van der Waals surface area contributed by atoms with Gasteiger partial charge in [-0.05, 0) is 61.7 Å². The van der Waals surface area contributed by atoms with Crippen LogP contribution in [0.25, 0.3) is 0 Å². The minimum Gasteiger partial charge on any atom is -0.317 e. The summed E-state index contributed by atoms with van der Waals surface area (Å²) in [7, 11) is 12.2. The van der Waals surface area contributed by atoms with Crippen molar-refractivity contribution in [1.29, 1.82) is 0 Å². The van der Waals surface area contributed by atoms with Crippen molar-refractivity contribution in [3.8, 4) is 0 Å². The van der Waals surface area contributed by atoms with Crippen LogP contribution in [0.1, 0.15) is 19.3 Å². The number of piperidine rings is 1. The van der Waals surface area contributed by atoms with Gasteiger partial charge in [-0.15, -0.1) is 0 Å². The molecule has 2 unspecified atom stereocenters. The molecule has 108 valence electrons. The molecule has 0 aromatic carbocycles. The number of rotatable bonds is 5. The van der Waals surface area contributed by atoms with Crippen molar-refractivity contribution in [2.45, 2.75) is 36.9 Å². The van der Waals surface area contributed by atoms with Gasteiger partial charge in [0, 0.05) is 5.67 Å². The Labute approximate surface area is 115 Å². The summed E-state index contributed by atoms with van der Waals surface area (Å²) >= 11 is 0. The Morgan fingerprint density at radius 1 is 0.944 bits per heavy atom. The molecule has 0 aromatic rings. The van der Waals surface area contributed by atoms with Gasteiger partial charge in [-0.2, -0.15) is 0 Å². The standard InChI is InChI=1S/C13H32N4Si/c1-15(2)13(16(3)4,17(5)6)18(7)12-10-8-9-11-14-12/h12,14,18H,8-11H2,1-7H3. The molecule has 0 saturated carbocycles. The van der Waals surface area contributed by atoms with E-state index in [0.29, 0.717) is 0 Å². The molecule has 1 heterocycles. The molecule has 0 radical (unpaired) electrons. The minimum absolute atomic E-state index is 0.0923. The van der Waals surface area contributed by atoms with Crippen LogP contribution in [0.4, 0.5) is 0 Å². The van der Waals surface area contributed by atoms with Crippen molar-refractivity contribution < 1.29 is 0 Å². The summed E-state index contributed by atoms with van der Waals surface area (Å²) in [6, 6.07) is 0. The fraction of sp³-hybridized carbons (Fsp3) is 1.00. The maximum Gasteiger partial charge on any atom is 0.114 e. The van der Waals surface area contributed by atoms with Gasteiger partial charge < -0.3 is 5.32 Å². The molecule has 2 atom stereocenters. The second kappa shape index (κ2) is 6.48. The SMILES string of the molecule is CN(C)C(N(C)C)(N(C)C)[SiH](C)C1CCCCN1. The second-order valence-corrected chi connectivity index (χ2v) is 9.37. The zero-order valence-corrected chi connectivity index (χ0v) is 14.5. The molecular weight excluding hydrogens is 240 g/mol. The first-order valence-corrected chi connectivity index (χ1v) is 9.50. The number of hydrogen-bond donors (Lipinski definition) is 1. The third kappa shape index (κ3) is 2.80. The predicted molar refractivity (Wildman–Crippen MR) is 82.4 cm³/mol. The van der Waals surface area contributed by atoms with Gasteiger partial charge in [0.2, 0.25) is 0 Å². The van der Waals surface area contributed by atoms with Crippen LogP contribution in [0.2, 0.25) is 6.55 Å². The van der Waals surface area contributed by atoms with Gasteiger partial charge in [0.15, 0.2) is 0 Å². The van der Waals surface area contributed by atoms with Crippen LogP contribution in [0, 0.1) is 0 Å². The average Bonchev–Trinajstić information content (AvgIpc) is 2.29. The zero-order valence-electron chi connectivity index (χ0n) is 13.3. The lowest BCUT2D eigenvalue weighted by atomic mass is 10.2. The molecule has 1 fully saturated rings. The van der Waals surface area contributed by atoms with Crippen molar-refractivity contribution in [2.24, 2.45) is 0 Å². The largest absolute Gasteiger partial charge is 0.317 e. The van der Waals surface area contributed by atoms with Crippen LogP contribution in [0.5, 0.6) is 0 Å². The van der Waals surface area contributed by atoms with Gasteiger partial charge in [0.05, 0.1) is 0 Å². The Hall–Kier alpha value is 0.0569. The summed E-state index contributed by atoms with van der Waals surface area (Å²) in [4.78, 5) is 7.21. The fourth-order valence-electron chi connectivity index (χ4n) is 4.00. The van der Waals surface area contributed by atoms with E-state index in [9.17, 15) is 0 Å². The highest BCUT2D eigenvalue weighted by atomic mass is 28.3. The molecule has 5 heteroatoms. The lowest BCUT2D eigenvalue weighted by Gasteiger charge is -2.55. The normalized spacial score (nSPS) is 24.0. The lowest BCUT2D eigenvalue weighted by molar-refractivity contribution is -0.0427. The van der Waals surface area contributed by atoms with Crippen LogP contribution >= 0.6 is 0 Å². The summed E-state index contributed by atoms with van der Waals surface area (Å²) in [5.41, 5.74) is 0.834. The van der Waals surface area contributed by atoms with Crippen molar-refractivity contribution in [3.63, 3.8) is 0 Å². The van der Waals surface area contributed by atoms with E-state index in [1.807, 2.05) is 0 Å². The molecule has 0 aromatic heterocycles. The third-order valence-corrected chi connectivity index (χ3v) is 9.08. The predicted octanol–water partition coefficient (Wildman–Crippen LogP) is 0.402. The van der Waals surface area contributed by atoms with Gasteiger partial charge in [-0.1, -0.05) is 13.0 Å². The molecule has 0 amide bonds. The molecule has 0 bridgehead atoms. The smallest absolute Gasteiger partial charge is 0.114 e. The van der Waals surface area contributed by atoms with Crippen LogP contribution in [0.15, 0.2) is 0 Å². The summed E-state index contributed by atoms with van der Waals surface area (Å²) in [5, 5.41) is 3.77. The summed E-state index contributed by atoms with van der Waals surface area (Å²) < 4.78 is 0. The van der Waals surface area contributed by atoms with Gasteiger partial charge in [-0.25, -0.2) is 0 Å². The molecule has 1 rings (SSSR count). The van der Waals surface area contributed by atoms with Crippen molar-refractivity contribution in [2.75, 3.05) is 48.8 Å². The maximum absolute atomic E-state index is 3.77. The van der Waals surface area contributed by atoms with E-state index in [-0.39, 0.29) is 5.41 Å². The number of nitrogens with zero attached hydrogens (tertiary/aromatic N) is 3. The van der Waals surface area contributed by atoms with Gasteiger partial charge >= 0.3 is 0 Å². The molecule has 1 saturated heterocycles. The average molecular weight is 273 g/mol. The van der Waals surface area contributed by atoms with E-state index in [2.05, 4.69) is 68.8 Å². The van der Waals surface area contributed by atoms with Crippen LogP contribution in [-0.4, -0.2) is 83.4 Å². The Kier molecular flexibility index (Phi) is 5.80. The van der Waals surface area contributed by atoms with Gasteiger partial charge in [-0.3, -0.25) is 14.7 Å². The number of nitrogens with one attached hydrogen (secondary N) is 1. The topological polar surface area (TPSA) is 21.8 Å². The summed E-state index contributed by atoms with van der Waals surface area (Å²) in [6.07, 6.45) is 4.08. The molecule has 1 aliphatic heterocycles.